The summed E-state index contributed by atoms with van der Waals surface area (Å²) in [6.45, 7) is 21.2. The third-order valence-electron chi connectivity index (χ3n) is 8.86. The number of aromatic nitrogens is 2. The number of hydrogen-bond donors (Lipinski definition) is 0. The van der Waals surface area contributed by atoms with Crippen LogP contribution < -0.4 is 0 Å². The molecule has 2 heteroatoms. The second-order valence-corrected chi connectivity index (χ2v) is 11.9. The van der Waals surface area contributed by atoms with E-state index in [2.05, 4.69) is 109 Å². The molecule has 0 bridgehead atoms. The molecule has 0 unspecified atom stereocenters. The summed E-state index contributed by atoms with van der Waals surface area (Å²) in [7, 11) is 0. The summed E-state index contributed by atoms with van der Waals surface area (Å²) in [6, 6.07) is 13.9. The van der Waals surface area contributed by atoms with E-state index >= 15 is 0 Å². The van der Waals surface area contributed by atoms with Crippen LogP contribution in [0.25, 0.3) is 27.5 Å². The smallest absolute Gasteiger partial charge is 0.145 e. The van der Waals surface area contributed by atoms with Gasteiger partial charge in [0.25, 0.3) is 0 Å². The molecule has 0 saturated carbocycles. The van der Waals surface area contributed by atoms with E-state index in [1.807, 2.05) is 0 Å². The van der Waals surface area contributed by atoms with Crippen LogP contribution in [0.1, 0.15) is 79.0 Å². The Labute approximate surface area is 180 Å². The van der Waals surface area contributed by atoms with Crippen molar-refractivity contribution in [1.29, 1.82) is 0 Å². The van der Waals surface area contributed by atoms with Crippen molar-refractivity contribution in [3.8, 4) is 0 Å². The van der Waals surface area contributed by atoms with Gasteiger partial charge in [-0.05, 0) is 61.9 Å². The molecule has 4 aromatic rings. The highest BCUT2D eigenvalue weighted by Gasteiger charge is 2.56. The highest BCUT2D eigenvalue weighted by atomic mass is 15.0. The van der Waals surface area contributed by atoms with Crippen molar-refractivity contribution in [1.82, 2.24) is 9.38 Å². The molecular weight excluding hydrogens is 364 g/mol. The van der Waals surface area contributed by atoms with Gasteiger partial charge in [-0.25, -0.2) is 4.98 Å². The average Bonchev–Trinajstić information content (AvgIpc) is 3.07. The maximum Gasteiger partial charge on any atom is 0.145 e. The zero-order valence-electron chi connectivity index (χ0n) is 19.9. The predicted molar refractivity (Wildman–Crippen MR) is 129 cm³/mol. The largest absolute Gasteiger partial charge is 0.299 e. The van der Waals surface area contributed by atoms with Crippen molar-refractivity contribution < 1.29 is 0 Å². The molecule has 0 saturated heterocycles. The molecule has 0 N–H and O–H groups in total. The summed E-state index contributed by atoms with van der Waals surface area (Å²) >= 11 is 0. The molecule has 0 fully saturated rings. The van der Waals surface area contributed by atoms with Crippen molar-refractivity contribution in [3.05, 3.63) is 59.3 Å². The van der Waals surface area contributed by atoms with Gasteiger partial charge in [0.1, 0.15) is 5.65 Å². The first-order chi connectivity index (χ1) is 13.8. The lowest BCUT2D eigenvalue weighted by Gasteiger charge is -2.44. The summed E-state index contributed by atoms with van der Waals surface area (Å²) in [4.78, 5) is 5.14. The molecule has 2 aromatic heterocycles. The molecule has 0 amide bonds. The van der Waals surface area contributed by atoms with Crippen LogP contribution in [0.4, 0.5) is 0 Å². The van der Waals surface area contributed by atoms with Gasteiger partial charge in [-0.1, -0.05) is 80.5 Å². The minimum atomic E-state index is 0.0967. The Balaban J connectivity index is 1.83. The number of imidazole rings is 1. The Bertz CT molecular complexity index is 1340. The second-order valence-electron chi connectivity index (χ2n) is 11.9. The van der Waals surface area contributed by atoms with Gasteiger partial charge >= 0.3 is 0 Å². The summed E-state index contributed by atoms with van der Waals surface area (Å²) in [5.74, 6) is 0. The van der Waals surface area contributed by atoms with Crippen LogP contribution in [-0.2, 0) is 16.2 Å². The number of fused-ring (bicyclic) bond motifs is 6. The molecule has 0 spiro atoms. The number of pyridine rings is 1. The molecule has 0 aliphatic heterocycles. The quantitative estimate of drug-likeness (QED) is 0.299. The Morgan fingerprint density at radius 2 is 1.43 bits per heavy atom. The molecule has 1 aliphatic rings. The molecule has 5 rings (SSSR count). The molecule has 0 radical (unpaired) electrons. The third kappa shape index (κ3) is 2.23. The fraction of sp³-hybridized carbons (Fsp3) is 0.464. The minimum absolute atomic E-state index is 0.0967. The Morgan fingerprint density at radius 1 is 0.800 bits per heavy atom. The molecule has 156 valence electrons. The van der Waals surface area contributed by atoms with E-state index in [4.69, 9.17) is 4.98 Å². The highest BCUT2D eigenvalue weighted by Crippen LogP contribution is 2.61. The molecule has 1 aliphatic carbocycles. The van der Waals surface area contributed by atoms with E-state index < -0.39 is 0 Å². The van der Waals surface area contributed by atoms with Gasteiger partial charge in [-0.3, -0.25) is 4.40 Å². The van der Waals surface area contributed by atoms with Gasteiger partial charge in [0.2, 0.25) is 0 Å². The van der Waals surface area contributed by atoms with Gasteiger partial charge in [-0.2, -0.15) is 0 Å². The molecule has 0 atom stereocenters. The molecule has 2 nitrogen and oxygen atoms in total. The van der Waals surface area contributed by atoms with Gasteiger partial charge in [0.05, 0.1) is 11.0 Å². The first-order valence-corrected chi connectivity index (χ1v) is 11.2. The van der Waals surface area contributed by atoms with Crippen molar-refractivity contribution >= 4 is 27.5 Å². The Hall–Kier alpha value is -2.35. The monoisotopic (exact) mass is 398 g/mol. The molecule has 2 heterocycles. The van der Waals surface area contributed by atoms with Crippen molar-refractivity contribution in [2.45, 2.75) is 78.6 Å². The Morgan fingerprint density at radius 3 is 2.07 bits per heavy atom. The maximum atomic E-state index is 5.14. The normalized spacial score (nSPS) is 19.6. The van der Waals surface area contributed by atoms with Gasteiger partial charge in [0, 0.05) is 11.6 Å². The van der Waals surface area contributed by atoms with Crippen LogP contribution in [0.3, 0.4) is 0 Å². The van der Waals surface area contributed by atoms with Crippen molar-refractivity contribution in [2.24, 2.45) is 5.41 Å². The summed E-state index contributed by atoms with van der Waals surface area (Å²) in [5.41, 5.74) is 8.16. The van der Waals surface area contributed by atoms with Crippen LogP contribution in [0, 0.1) is 5.41 Å². The van der Waals surface area contributed by atoms with Crippen molar-refractivity contribution in [3.63, 3.8) is 0 Å². The maximum absolute atomic E-state index is 5.14. The van der Waals surface area contributed by atoms with Crippen LogP contribution in [0.15, 0.2) is 42.6 Å². The van der Waals surface area contributed by atoms with Gasteiger partial charge < -0.3 is 0 Å². The molecular formula is C28H34N2. The van der Waals surface area contributed by atoms with Crippen LogP contribution >= 0.6 is 0 Å². The fourth-order valence-electron chi connectivity index (χ4n) is 5.50. The SMILES string of the molecule is CC(C)(C)c1ccc2c(ccn3c4cc5c(cc4nc23)C(C)(C)C(C)(C)C5(C)C)c1. The first kappa shape index (κ1) is 19.6. The number of benzene rings is 2. The Kier molecular flexibility index (Phi) is 3.57. The zero-order chi connectivity index (χ0) is 21.9. The standard InChI is InChI=1S/C28H34N2/c1-25(2,3)18-10-11-19-17(14-18)12-13-30-23-16-21-20(15-22(23)29-24(19)30)26(4,5)28(8,9)27(21,6)7/h10-16H,1-9H3. The molecule has 30 heavy (non-hydrogen) atoms. The van der Waals surface area contributed by atoms with E-state index in [1.165, 1.54) is 33.0 Å². The van der Waals surface area contributed by atoms with Crippen LogP contribution in [0.5, 0.6) is 0 Å². The van der Waals surface area contributed by atoms with E-state index in [0.717, 1.165) is 11.2 Å². The van der Waals surface area contributed by atoms with Crippen LogP contribution in [0.2, 0.25) is 0 Å². The van der Waals surface area contributed by atoms with E-state index in [0.29, 0.717) is 0 Å². The second kappa shape index (κ2) is 5.46. The lowest BCUT2D eigenvalue weighted by Crippen LogP contribution is -2.42. The number of nitrogens with zero attached hydrogens (tertiary/aromatic N) is 2. The van der Waals surface area contributed by atoms with E-state index in [1.54, 1.807) is 0 Å². The topological polar surface area (TPSA) is 17.3 Å². The summed E-state index contributed by atoms with van der Waals surface area (Å²) in [5, 5.41) is 2.49. The number of hydrogen-bond acceptors (Lipinski definition) is 1. The van der Waals surface area contributed by atoms with E-state index in [9.17, 15) is 0 Å². The lowest BCUT2D eigenvalue weighted by atomic mass is 9.59. The average molecular weight is 399 g/mol. The van der Waals surface area contributed by atoms with Gasteiger partial charge in [-0.15, -0.1) is 0 Å². The predicted octanol–water partition coefficient (Wildman–Crippen LogP) is 7.53. The summed E-state index contributed by atoms with van der Waals surface area (Å²) in [6.07, 6.45) is 2.20. The van der Waals surface area contributed by atoms with Crippen molar-refractivity contribution in [2.75, 3.05) is 0 Å². The van der Waals surface area contributed by atoms with E-state index in [-0.39, 0.29) is 21.7 Å². The number of rotatable bonds is 0. The fourth-order valence-corrected chi connectivity index (χ4v) is 5.50. The highest BCUT2D eigenvalue weighted by molar-refractivity contribution is 5.98. The molecule has 2 aromatic carbocycles. The van der Waals surface area contributed by atoms with Gasteiger partial charge in [0.15, 0.2) is 0 Å². The minimum Gasteiger partial charge on any atom is -0.299 e. The third-order valence-corrected chi connectivity index (χ3v) is 8.86. The first-order valence-electron chi connectivity index (χ1n) is 11.2. The summed E-state index contributed by atoms with van der Waals surface area (Å²) < 4.78 is 2.28. The van der Waals surface area contributed by atoms with Crippen LogP contribution in [-0.4, -0.2) is 9.38 Å². The zero-order valence-corrected chi connectivity index (χ0v) is 19.9. The lowest BCUT2D eigenvalue weighted by molar-refractivity contribution is 0.125.